The van der Waals surface area contributed by atoms with E-state index in [1.807, 2.05) is 32.9 Å². The molecule has 0 aliphatic rings. The van der Waals surface area contributed by atoms with Gasteiger partial charge in [0.1, 0.15) is 29.0 Å². The number of nitrogens with two attached hydrogens (primary N) is 1. The van der Waals surface area contributed by atoms with Gasteiger partial charge in [-0.15, -0.1) is 0 Å². The topological polar surface area (TPSA) is 110 Å². The Balaban J connectivity index is 1.76. The van der Waals surface area contributed by atoms with Crippen LogP contribution in [0.5, 0.6) is 0 Å². The molecule has 132 valence electrons. The highest BCUT2D eigenvalue weighted by Crippen LogP contribution is 2.22. The van der Waals surface area contributed by atoms with Crippen LogP contribution in [0.15, 0.2) is 40.9 Å². The molecular formula is C19H19N5O2. The van der Waals surface area contributed by atoms with Crippen LogP contribution in [0.3, 0.4) is 0 Å². The maximum Gasteiger partial charge on any atom is 0.251 e. The predicted molar refractivity (Wildman–Crippen MR) is 96.8 cm³/mol. The van der Waals surface area contributed by atoms with Gasteiger partial charge in [0.05, 0.1) is 17.9 Å². The Labute approximate surface area is 151 Å². The van der Waals surface area contributed by atoms with Gasteiger partial charge in [-0.2, -0.15) is 10.4 Å². The second kappa shape index (κ2) is 6.76. The summed E-state index contributed by atoms with van der Waals surface area (Å²) in [5.41, 5.74) is 8.34. The highest BCUT2D eigenvalue weighted by atomic mass is 16.3. The van der Waals surface area contributed by atoms with Crippen LogP contribution in [0.25, 0.3) is 5.69 Å². The standard InChI is InChI=1S/C19H19N5O2/c1-11-8-17(13(3)26-11)12(2)23-19(25)14-4-6-16(7-5-14)24-18(21)15(9-20)10-22-24/h4-8,10,12H,21H2,1-3H3,(H,23,25)/t12-/m0/s1. The predicted octanol–water partition coefficient (Wildman–Crippen LogP) is 3.03. The number of nitriles is 1. The van der Waals surface area contributed by atoms with Gasteiger partial charge in [0.25, 0.3) is 5.91 Å². The smallest absolute Gasteiger partial charge is 0.251 e. The van der Waals surface area contributed by atoms with Crippen molar-refractivity contribution >= 4 is 11.7 Å². The monoisotopic (exact) mass is 349 g/mol. The number of carbonyl (C=O) groups excluding carboxylic acids is 1. The molecule has 7 heteroatoms. The van der Waals surface area contributed by atoms with Crippen molar-refractivity contribution < 1.29 is 9.21 Å². The van der Waals surface area contributed by atoms with Crippen molar-refractivity contribution in [2.45, 2.75) is 26.8 Å². The zero-order chi connectivity index (χ0) is 18.8. The van der Waals surface area contributed by atoms with Crippen LogP contribution < -0.4 is 11.1 Å². The fourth-order valence-electron chi connectivity index (χ4n) is 2.84. The highest BCUT2D eigenvalue weighted by molar-refractivity contribution is 5.94. The third-order valence-electron chi connectivity index (χ3n) is 4.19. The zero-order valence-electron chi connectivity index (χ0n) is 14.8. The number of benzene rings is 1. The van der Waals surface area contributed by atoms with Crippen LogP contribution in [-0.4, -0.2) is 15.7 Å². The second-order valence-corrected chi connectivity index (χ2v) is 6.08. The van der Waals surface area contributed by atoms with Gasteiger partial charge in [0.15, 0.2) is 0 Å². The Morgan fingerprint density at radius 2 is 2.04 bits per heavy atom. The molecule has 0 bridgehead atoms. The number of aromatic nitrogens is 2. The van der Waals surface area contributed by atoms with E-state index in [1.165, 1.54) is 10.9 Å². The maximum absolute atomic E-state index is 12.5. The fraction of sp³-hybridized carbons (Fsp3) is 0.211. The number of carbonyl (C=O) groups is 1. The van der Waals surface area contributed by atoms with E-state index in [1.54, 1.807) is 24.3 Å². The first-order chi connectivity index (χ1) is 12.4. The van der Waals surface area contributed by atoms with Gasteiger partial charge in [0, 0.05) is 11.1 Å². The number of nitrogens with zero attached hydrogens (tertiary/aromatic N) is 3. The normalized spacial score (nSPS) is 11.8. The minimum Gasteiger partial charge on any atom is -0.466 e. The number of amides is 1. The molecule has 3 N–H and O–H groups in total. The van der Waals surface area contributed by atoms with Gasteiger partial charge in [0.2, 0.25) is 0 Å². The number of hydrogen-bond acceptors (Lipinski definition) is 5. The maximum atomic E-state index is 12.5. The molecule has 0 saturated heterocycles. The quantitative estimate of drug-likeness (QED) is 0.752. The average Bonchev–Trinajstić information content (AvgIpc) is 3.16. The summed E-state index contributed by atoms with van der Waals surface area (Å²) >= 11 is 0. The molecule has 1 amide bonds. The lowest BCUT2D eigenvalue weighted by Gasteiger charge is -2.13. The van der Waals surface area contributed by atoms with E-state index >= 15 is 0 Å². The van der Waals surface area contributed by atoms with Crippen LogP contribution in [0.4, 0.5) is 5.82 Å². The van der Waals surface area contributed by atoms with Crippen LogP contribution in [0.1, 0.15) is 46.0 Å². The first-order valence-corrected chi connectivity index (χ1v) is 8.12. The molecule has 0 fully saturated rings. The largest absolute Gasteiger partial charge is 0.466 e. The van der Waals surface area contributed by atoms with E-state index < -0.39 is 0 Å². The minimum atomic E-state index is -0.187. The molecular weight excluding hydrogens is 330 g/mol. The number of aryl methyl sites for hydroxylation is 2. The molecule has 7 nitrogen and oxygen atoms in total. The van der Waals surface area contributed by atoms with Crippen molar-refractivity contribution in [2.75, 3.05) is 5.73 Å². The van der Waals surface area contributed by atoms with Crippen LogP contribution in [0.2, 0.25) is 0 Å². The van der Waals surface area contributed by atoms with Crippen molar-refractivity contribution in [3.05, 3.63) is 64.7 Å². The molecule has 0 aliphatic heterocycles. The van der Waals surface area contributed by atoms with Gasteiger partial charge >= 0.3 is 0 Å². The summed E-state index contributed by atoms with van der Waals surface area (Å²) in [5, 5.41) is 16.0. The molecule has 1 aromatic carbocycles. The number of anilines is 1. The van der Waals surface area contributed by atoms with E-state index in [9.17, 15) is 4.79 Å². The summed E-state index contributed by atoms with van der Waals surface area (Å²) < 4.78 is 6.97. The molecule has 2 aromatic heterocycles. The molecule has 3 rings (SSSR count). The Morgan fingerprint density at radius 3 is 2.58 bits per heavy atom. The Morgan fingerprint density at radius 1 is 1.35 bits per heavy atom. The molecule has 2 heterocycles. The molecule has 0 aliphatic carbocycles. The highest BCUT2D eigenvalue weighted by Gasteiger charge is 2.16. The first-order valence-electron chi connectivity index (χ1n) is 8.12. The lowest BCUT2D eigenvalue weighted by atomic mass is 10.1. The molecule has 0 unspecified atom stereocenters. The SMILES string of the molecule is Cc1cc([C@H](C)NC(=O)c2ccc(-n3ncc(C#N)c3N)cc2)c(C)o1. The van der Waals surface area contributed by atoms with Crippen molar-refractivity contribution in [1.82, 2.24) is 15.1 Å². The number of furan rings is 1. The molecule has 3 aromatic rings. The van der Waals surface area contributed by atoms with Gasteiger partial charge in [-0.25, -0.2) is 4.68 Å². The van der Waals surface area contributed by atoms with Crippen molar-refractivity contribution in [3.8, 4) is 11.8 Å². The second-order valence-electron chi connectivity index (χ2n) is 6.08. The lowest BCUT2D eigenvalue weighted by molar-refractivity contribution is 0.0939. The van der Waals surface area contributed by atoms with Gasteiger partial charge in [-0.1, -0.05) is 0 Å². The summed E-state index contributed by atoms with van der Waals surface area (Å²) in [7, 11) is 0. The molecule has 0 spiro atoms. The number of nitrogens with one attached hydrogen (secondary N) is 1. The minimum absolute atomic E-state index is 0.167. The average molecular weight is 349 g/mol. The van der Waals surface area contributed by atoms with E-state index in [0.717, 1.165) is 17.1 Å². The number of nitrogen functional groups attached to an aromatic ring is 1. The Hall–Kier alpha value is -3.53. The molecule has 1 atom stereocenters. The van der Waals surface area contributed by atoms with Gasteiger partial charge in [-0.05, 0) is 51.1 Å². The Kier molecular flexibility index (Phi) is 4.50. The van der Waals surface area contributed by atoms with Gasteiger partial charge in [-0.3, -0.25) is 4.79 Å². The number of hydrogen-bond donors (Lipinski definition) is 2. The fourth-order valence-corrected chi connectivity index (χ4v) is 2.84. The summed E-state index contributed by atoms with van der Waals surface area (Å²) in [6.45, 7) is 5.67. The van der Waals surface area contributed by atoms with Gasteiger partial charge < -0.3 is 15.5 Å². The molecule has 0 radical (unpaired) electrons. The van der Waals surface area contributed by atoms with Crippen molar-refractivity contribution in [1.29, 1.82) is 5.26 Å². The summed E-state index contributed by atoms with van der Waals surface area (Å²) in [6.07, 6.45) is 1.41. The van der Waals surface area contributed by atoms with Crippen LogP contribution in [-0.2, 0) is 0 Å². The van der Waals surface area contributed by atoms with E-state index in [2.05, 4.69) is 10.4 Å². The summed E-state index contributed by atoms with van der Waals surface area (Å²) in [5.74, 6) is 1.70. The van der Waals surface area contributed by atoms with Crippen LogP contribution >= 0.6 is 0 Å². The number of rotatable bonds is 4. The first kappa shape index (κ1) is 17.3. The molecule has 0 saturated carbocycles. The lowest BCUT2D eigenvalue weighted by Crippen LogP contribution is -2.26. The van der Waals surface area contributed by atoms with Crippen LogP contribution in [0, 0.1) is 25.2 Å². The van der Waals surface area contributed by atoms with E-state index in [-0.39, 0.29) is 17.8 Å². The Bertz CT molecular complexity index is 992. The zero-order valence-corrected chi connectivity index (χ0v) is 14.8. The third-order valence-corrected chi connectivity index (χ3v) is 4.19. The third kappa shape index (κ3) is 3.17. The van der Waals surface area contributed by atoms with Crippen molar-refractivity contribution in [3.63, 3.8) is 0 Å². The summed E-state index contributed by atoms with van der Waals surface area (Å²) in [6, 6.07) is 10.6. The molecule has 26 heavy (non-hydrogen) atoms. The summed E-state index contributed by atoms with van der Waals surface area (Å²) in [4.78, 5) is 12.5. The van der Waals surface area contributed by atoms with Crippen molar-refractivity contribution in [2.24, 2.45) is 0 Å². The van der Waals surface area contributed by atoms with E-state index in [0.29, 0.717) is 16.8 Å². The van der Waals surface area contributed by atoms with E-state index in [4.69, 9.17) is 15.4 Å².